The minimum atomic E-state index is -4.60. The van der Waals surface area contributed by atoms with Gasteiger partial charge in [0.15, 0.2) is 0 Å². The fourth-order valence-electron chi connectivity index (χ4n) is 1.65. The van der Waals surface area contributed by atoms with E-state index in [1.165, 1.54) is 24.3 Å². The second-order valence-corrected chi connectivity index (χ2v) is 7.25. The van der Waals surface area contributed by atoms with Crippen molar-refractivity contribution >= 4 is 43.5 Å². The van der Waals surface area contributed by atoms with Crippen LogP contribution in [-0.2, 0) is 20.1 Å². The predicted molar refractivity (Wildman–Crippen MR) is 71.0 cm³/mol. The van der Waals surface area contributed by atoms with Crippen LogP contribution in [0.1, 0.15) is 0 Å². The molecule has 0 aliphatic heterocycles. The third-order valence-corrected chi connectivity index (χ3v) is 4.51. The second kappa shape index (κ2) is 4.39. The first kappa shape index (κ1) is 14.2. The van der Waals surface area contributed by atoms with Crippen LogP contribution in [0, 0.1) is 0 Å². The molecule has 0 unspecified atom stereocenters. The van der Waals surface area contributed by atoms with Crippen molar-refractivity contribution < 1.29 is 21.4 Å². The Morgan fingerprint density at radius 2 is 1.68 bits per heavy atom. The van der Waals surface area contributed by atoms with E-state index in [1.807, 2.05) is 0 Å². The Labute approximate surface area is 115 Å². The van der Waals surface area contributed by atoms with Gasteiger partial charge in [-0.1, -0.05) is 18.7 Å². The van der Waals surface area contributed by atoms with Crippen molar-refractivity contribution in [2.75, 3.05) is 0 Å². The highest BCUT2D eigenvalue weighted by Gasteiger charge is 2.19. The molecule has 2 aromatic rings. The van der Waals surface area contributed by atoms with Gasteiger partial charge in [-0.25, -0.2) is 13.6 Å². The summed E-state index contributed by atoms with van der Waals surface area (Å²) in [6, 6.07) is 6.36. The molecule has 0 amide bonds. The zero-order valence-corrected chi connectivity index (χ0v) is 11.7. The molecule has 0 aliphatic rings. The highest BCUT2D eigenvalue weighted by atomic mass is 32.2. The average molecular weight is 318 g/mol. The van der Waals surface area contributed by atoms with E-state index in [9.17, 15) is 21.4 Å². The Kier molecular flexibility index (Phi) is 3.27. The molecule has 0 aromatic heterocycles. The van der Waals surface area contributed by atoms with Gasteiger partial charge in [0.05, 0.1) is 4.90 Å². The Hall–Kier alpha value is -1.26. The number of sulfonamides is 1. The Balaban J connectivity index is 3.01. The first-order valence-electron chi connectivity index (χ1n) is 4.84. The van der Waals surface area contributed by atoms with Crippen molar-refractivity contribution in [2.45, 2.75) is 14.7 Å². The summed E-state index contributed by atoms with van der Waals surface area (Å²) in [7, 11) is -8.68. The van der Waals surface area contributed by atoms with E-state index in [0.717, 1.165) is 6.07 Å². The van der Waals surface area contributed by atoms with Crippen molar-refractivity contribution in [2.24, 2.45) is 5.14 Å². The molecule has 9 heteroatoms. The van der Waals surface area contributed by atoms with E-state index in [2.05, 4.69) is 0 Å². The molecule has 2 rings (SSSR count). The maximum Gasteiger partial charge on any atom is 0.295 e. The van der Waals surface area contributed by atoms with Crippen LogP contribution >= 0.6 is 12.6 Å². The van der Waals surface area contributed by atoms with E-state index in [0.29, 0.717) is 10.3 Å². The lowest BCUT2D eigenvalue weighted by atomic mass is 10.1. The first-order valence-corrected chi connectivity index (χ1v) is 8.23. The molecule has 0 fully saturated rings. The van der Waals surface area contributed by atoms with E-state index in [1.54, 1.807) is 0 Å². The number of hydrogen-bond donors (Lipinski definition) is 2. The van der Waals surface area contributed by atoms with Gasteiger partial charge in [0.1, 0.15) is 4.90 Å². The van der Waals surface area contributed by atoms with Crippen LogP contribution in [0.5, 0.6) is 0 Å². The number of fused-ring (bicyclic) bond motifs is 1. The molecule has 2 aromatic carbocycles. The van der Waals surface area contributed by atoms with Crippen molar-refractivity contribution in [3.8, 4) is 0 Å². The Bertz CT molecular complexity index is 871. The van der Waals surface area contributed by atoms with Crippen molar-refractivity contribution in [3.63, 3.8) is 0 Å². The monoisotopic (exact) mass is 318 g/mol. The molecular weight excluding hydrogens is 310 g/mol. The van der Waals surface area contributed by atoms with Crippen molar-refractivity contribution in [3.05, 3.63) is 30.3 Å². The SMILES string of the molecule is NS(=O)(=O)c1cc(S(=O)(=O)O)c2cc([S])ccc2c1. The molecular formula is C10H8NO5S3. The van der Waals surface area contributed by atoms with Gasteiger partial charge in [-0.3, -0.25) is 4.55 Å². The Morgan fingerprint density at radius 1 is 1.05 bits per heavy atom. The van der Waals surface area contributed by atoms with E-state index in [-0.39, 0.29) is 5.39 Å². The van der Waals surface area contributed by atoms with E-state index in [4.69, 9.17) is 17.8 Å². The molecule has 0 saturated carbocycles. The molecule has 101 valence electrons. The maximum absolute atomic E-state index is 11.3. The fraction of sp³-hybridized carbons (Fsp3) is 0. The lowest BCUT2D eigenvalue weighted by molar-refractivity contribution is 0.484. The van der Waals surface area contributed by atoms with E-state index < -0.39 is 29.9 Å². The summed E-state index contributed by atoms with van der Waals surface area (Å²) in [6.07, 6.45) is 0. The molecule has 1 radical (unpaired) electrons. The van der Waals surface area contributed by atoms with Crippen LogP contribution in [0.25, 0.3) is 10.8 Å². The second-order valence-electron chi connectivity index (χ2n) is 3.82. The Morgan fingerprint density at radius 3 is 2.21 bits per heavy atom. The zero-order chi connectivity index (χ0) is 14.4. The van der Waals surface area contributed by atoms with Crippen molar-refractivity contribution in [1.29, 1.82) is 0 Å². The zero-order valence-electron chi connectivity index (χ0n) is 9.27. The first-order chi connectivity index (χ1) is 8.59. The maximum atomic E-state index is 11.3. The lowest BCUT2D eigenvalue weighted by Crippen LogP contribution is -2.13. The molecule has 0 aliphatic carbocycles. The molecule has 0 spiro atoms. The summed E-state index contributed by atoms with van der Waals surface area (Å²) < 4.78 is 54.4. The topological polar surface area (TPSA) is 115 Å². The number of nitrogens with two attached hydrogens (primary N) is 1. The molecule has 0 bridgehead atoms. The molecule has 19 heavy (non-hydrogen) atoms. The normalized spacial score (nSPS) is 12.7. The number of rotatable bonds is 2. The third kappa shape index (κ3) is 2.85. The standard InChI is InChI=1S/C10H8NO5S3/c11-18(12,13)8-3-6-1-2-7(17)4-9(6)10(5-8)19(14,15)16/h1-5H,(H2,11,12,13)(H,14,15,16). The van der Waals surface area contributed by atoms with Crippen molar-refractivity contribution in [1.82, 2.24) is 0 Å². The fourth-order valence-corrected chi connectivity index (χ4v) is 3.22. The molecule has 0 heterocycles. The molecule has 6 nitrogen and oxygen atoms in total. The van der Waals surface area contributed by atoms with Gasteiger partial charge in [0, 0.05) is 10.3 Å². The summed E-state index contributed by atoms with van der Waals surface area (Å²) in [5.74, 6) is 0. The number of primary sulfonamides is 1. The van der Waals surface area contributed by atoms with Crippen LogP contribution in [0.3, 0.4) is 0 Å². The van der Waals surface area contributed by atoms with Gasteiger partial charge in [0.2, 0.25) is 10.0 Å². The minimum Gasteiger partial charge on any atom is -0.282 e. The highest BCUT2D eigenvalue weighted by molar-refractivity contribution is 7.89. The largest absolute Gasteiger partial charge is 0.295 e. The van der Waals surface area contributed by atoms with Crippen LogP contribution < -0.4 is 5.14 Å². The van der Waals surface area contributed by atoms with Gasteiger partial charge in [-0.15, -0.1) is 0 Å². The van der Waals surface area contributed by atoms with Crippen LogP contribution in [0.4, 0.5) is 0 Å². The minimum absolute atomic E-state index is 0.141. The van der Waals surface area contributed by atoms with Gasteiger partial charge >= 0.3 is 0 Å². The number of benzene rings is 2. The molecule has 3 N–H and O–H groups in total. The van der Waals surface area contributed by atoms with Gasteiger partial charge < -0.3 is 0 Å². The molecule has 0 saturated heterocycles. The van der Waals surface area contributed by atoms with Gasteiger partial charge in [-0.2, -0.15) is 8.42 Å². The lowest BCUT2D eigenvalue weighted by Gasteiger charge is -2.07. The molecule has 0 atom stereocenters. The summed E-state index contributed by atoms with van der Waals surface area (Å²) in [5, 5.41) is 5.41. The third-order valence-electron chi connectivity index (χ3n) is 2.47. The van der Waals surface area contributed by atoms with Crippen LogP contribution in [0.2, 0.25) is 0 Å². The summed E-state index contributed by atoms with van der Waals surface area (Å²) >= 11 is 4.91. The van der Waals surface area contributed by atoms with Gasteiger partial charge in [0.25, 0.3) is 10.1 Å². The van der Waals surface area contributed by atoms with Crippen LogP contribution in [-0.4, -0.2) is 21.4 Å². The van der Waals surface area contributed by atoms with Crippen LogP contribution in [0.15, 0.2) is 45.0 Å². The predicted octanol–water partition coefficient (Wildman–Crippen LogP) is 1.29. The average Bonchev–Trinajstić information content (AvgIpc) is 2.24. The summed E-state index contributed by atoms with van der Waals surface area (Å²) in [4.78, 5) is -0.578. The van der Waals surface area contributed by atoms with Gasteiger partial charge in [-0.05, 0) is 29.7 Å². The number of hydrogen-bond acceptors (Lipinski definition) is 4. The summed E-state index contributed by atoms with van der Waals surface area (Å²) in [5.41, 5.74) is 0. The highest BCUT2D eigenvalue weighted by Crippen LogP contribution is 2.28. The summed E-state index contributed by atoms with van der Waals surface area (Å²) in [6.45, 7) is 0. The quantitative estimate of drug-likeness (QED) is 0.810. The smallest absolute Gasteiger partial charge is 0.282 e. The van der Waals surface area contributed by atoms with E-state index >= 15 is 0 Å².